The molecule has 0 heterocycles. The van der Waals surface area contributed by atoms with E-state index in [1.165, 1.54) is 6.92 Å². The Kier molecular flexibility index (Phi) is 3.99. The van der Waals surface area contributed by atoms with Gasteiger partial charge in [-0.1, -0.05) is 0 Å². The molecule has 0 spiro atoms. The first-order valence-electron chi connectivity index (χ1n) is 3.17. The summed E-state index contributed by atoms with van der Waals surface area (Å²) >= 11 is 0. The van der Waals surface area contributed by atoms with Gasteiger partial charge in [0.2, 0.25) is 0 Å². The Morgan fingerprint density at radius 2 is 2.36 bits per heavy atom. The topological polar surface area (TPSA) is 80.6 Å². The molecular weight excluding hydrogens is 143 g/mol. The van der Waals surface area contributed by atoms with E-state index in [1.807, 2.05) is 0 Å². The molecule has 0 aliphatic heterocycles. The van der Waals surface area contributed by atoms with Crippen LogP contribution in [0.4, 0.5) is 0 Å². The molecular formula is C5H9BN4O. The molecule has 11 heavy (non-hydrogen) atoms. The molecule has 0 aromatic heterocycles. The summed E-state index contributed by atoms with van der Waals surface area (Å²) < 4.78 is 0. The summed E-state index contributed by atoms with van der Waals surface area (Å²) in [6, 6.07) is 0. The monoisotopic (exact) mass is 152 g/mol. The zero-order valence-electron chi connectivity index (χ0n) is 6.53. The van der Waals surface area contributed by atoms with Gasteiger partial charge in [0.1, 0.15) is 0 Å². The van der Waals surface area contributed by atoms with Crippen molar-refractivity contribution in [2.45, 2.75) is 13.8 Å². The minimum atomic E-state index is -0.454. The Balaban J connectivity index is 4.45. The van der Waals surface area contributed by atoms with Gasteiger partial charge < -0.3 is 0 Å². The molecule has 0 radical (unpaired) electrons. The van der Waals surface area contributed by atoms with Crippen molar-refractivity contribution in [3.05, 3.63) is 5.53 Å². The van der Waals surface area contributed by atoms with Crippen LogP contribution in [0.5, 0.6) is 0 Å². The van der Waals surface area contributed by atoms with Crippen molar-refractivity contribution in [1.82, 2.24) is 4.81 Å². The number of nitrogens with zero attached hydrogens (tertiary/aromatic N) is 3. The predicted octanol–water partition coefficient (Wildman–Crippen LogP) is -0.0928. The number of hydrogen-bond donors (Lipinski definition) is 1. The second kappa shape index (κ2) is 4.52. The quantitative estimate of drug-likeness (QED) is 0.260. The summed E-state index contributed by atoms with van der Waals surface area (Å²) in [6.07, 6.45) is 0. The molecule has 0 saturated heterocycles. The Labute approximate surface area is 65.4 Å². The Morgan fingerprint density at radius 3 is 2.64 bits per heavy atom. The van der Waals surface area contributed by atoms with Crippen LogP contribution in [0.25, 0.3) is 5.53 Å². The first-order chi connectivity index (χ1) is 5.17. The van der Waals surface area contributed by atoms with Crippen LogP contribution in [0.2, 0.25) is 0 Å². The van der Waals surface area contributed by atoms with E-state index >= 15 is 0 Å². The Hall–Kier alpha value is -1.29. The zero-order chi connectivity index (χ0) is 8.85. The van der Waals surface area contributed by atoms with E-state index in [0.29, 0.717) is 6.54 Å². The summed E-state index contributed by atoms with van der Waals surface area (Å²) in [7, 11) is 0.900. The molecule has 0 atom stereocenters. The van der Waals surface area contributed by atoms with E-state index < -0.39 is 5.91 Å². The van der Waals surface area contributed by atoms with E-state index in [4.69, 9.17) is 10.8 Å². The van der Waals surface area contributed by atoms with E-state index in [9.17, 15) is 4.79 Å². The molecule has 0 aromatic rings. The zero-order valence-corrected chi connectivity index (χ0v) is 6.53. The van der Waals surface area contributed by atoms with Crippen LogP contribution in [0, 0.1) is 5.31 Å². The number of amides is 1. The first-order valence-corrected chi connectivity index (χ1v) is 3.17. The van der Waals surface area contributed by atoms with Gasteiger partial charge in [0.15, 0.2) is 0 Å². The van der Waals surface area contributed by atoms with E-state index in [-0.39, 0.29) is 5.71 Å². The summed E-state index contributed by atoms with van der Waals surface area (Å²) in [4.78, 5) is 14.9. The molecule has 0 rings (SSSR count). The number of nitrogens with one attached hydrogen (secondary N) is 1. The van der Waals surface area contributed by atoms with Crippen molar-refractivity contribution in [2.75, 3.05) is 6.54 Å². The molecule has 0 bridgehead atoms. The van der Waals surface area contributed by atoms with Gasteiger partial charge in [0.25, 0.3) is 0 Å². The fourth-order valence-electron chi connectivity index (χ4n) is 0.544. The van der Waals surface area contributed by atoms with Crippen LogP contribution in [0.1, 0.15) is 13.8 Å². The molecule has 0 aliphatic rings. The van der Waals surface area contributed by atoms with Crippen LogP contribution in [0.15, 0.2) is 0 Å². The summed E-state index contributed by atoms with van der Waals surface area (Å²) in [5.41, 5.74) is 8.19. The number of carbonyl (C=O) groups is 1. The fourth-order valence-corrected chi connectivity index (χ4v) is 0.544. The van der Waals surface area contributed by atoms with E-state index in [1.54, 1.807) is 6.92 Å². The van der Waals surface area contributed by atoms with Gasteiger partial charge in [-0.25, -0.2) is 0 Å². The second-order valence-corrected chi connectivity index (χ2v) is 1.91. The molecule has 6 heteroatoms. The van der Waals surface area contributed by atoms with Crippen LogP contribution in [0.3, 0.4) is 0 Å². The SMILES string of the molecule is CCN(B=N)C(=O)C(C)=[N+]=[N-]. The molecule has 0 fully saturated rings. The van der Waals surface area contributed by atoms with Gasteiger partial charge in [0, 0.05) is 0 Å². The van der Waals surface area contributed by atoms with Crippen molar-refractivity contribution < 1.29 is 9.58 Å². The van der Waals surface area contributed by atoms with Crippen LogP contribution in [-0.4, -0.2) is 35.0 Å². The van der Waals surface area contributed by atoms with E-state index in [2.05, 4.69) is 4.79 Å². The molecule has 1 amide bonds. The van der Waals surface area contributed by atoms with Crippen LogP contribution in [-0.2, 0) is 4.79 Å². The first kappa shape index (κ1) is 9.71. The van der Waals surface area contributed by atoms with Crippen molar-refractivity contribution in [3.8, 4) is 0 Å². The predicted molar refractivity (Wildman–Crippen MR) is 40.2 cm³/mol. The molecule has 5 nitrogen and oxygen atoms in total. The summed E-state index contributed by atoms with van der Waals surface area (Å²) in [6.45, 7) is 3.51. The number of hydrogen-bond acceptors (Lipinski definition) is 2. The number of rotatable bonds is 3. The third-order valence-corrected chi connectivity index (χ3v) is 1.22. The molecule has 0 aromatic carbocycles. The second-order valence-electron chi connectivity index (χ2n) is 1.91. The van der Waals surface area contributed by atoms with Crippen molar-refractivity contribution in [3.63, 3.8) is 0 Å². The molecule has 0 saturated carbocycles. The van der Waals surface area contributed by atoms with Gasteiger partial charge in [-0.15, -0.1) is 0 Å². The van der Waals surface area contributed by atoms with Crippen LogP contribution < -0.4 is 0 Å². The van der Waals surface area contributed by atoms with Crippen molar-refractivity contribution in [1.29, 1.82) is 5.31 Å². The minimum absolute atomic E-state index is 0.0182. The molecule has 0 aliphatic carbocycles. The van der Waals surface area contributed by atoms with Crippen LogP contribution >= 0.6 is 0 Å². The van der Waals surface area contributed by atoms with E-state index in [0.717, 1.165) is 12.0 Å². The fraction of sp³-hybridized carbons (Fsp3) is 0.600. The standard InChI is InChI=1S/C5H9BN4O/c1-3-10(6-7)5(11)4(2)9-8/h7H,3H2,1-2H3. The molecule has 0 unspecified atom stereocenters. The molecule has 1 N–H and O–H groups in total. The maximum absolute atomic E-state index is 11.0. The average Bonchev–Trinajstić information content (AvgIpc) is 2.05. The Bertz CT molecular complexity index is 221. The maximum atomic E-state index is 11.0. The summed E-state index contributed by atoms with van der Waals surface area (Å²) in [5, 5.41) is 6.80. The normalized spacial score (nSPS) is 7.82. The third-order valence-electron chi connectivity index (χ3n) is 1.22. The van der Waals surface area contributed by atoms with Gasteiger partial charge in [-0.05, 0) is 0 Å². The van der Waals surface area contributed by atoms with Crippen molar-refractivity contribution >= 4 is 18.8 Å². The Morgan fingerprint density at radius 1 is 1.82 bits per heavy atom. The summed E-state index contributed by atoms with van der Waals surface area (Å²) in [5.74, 6) is -0.454. The third kappa shape index (κ3) is 2.43. The van der Waals surface area contributed by atoms with Gasteiger partial charge in [-0.3, -0.25) is 0 Å². The van der Waals surface area contributed by atoms with Crippen molar-refractivity contribution in [2.24, 2.45) is 0 Å². The molecule has 58 valence electrons. The van der Waals surface area contributed by atoms with Gasteiger partial charge >= 0.3 is 64.5 Å². The average molecular weight is 152 g/mol. The van der Waals surface area contributed by atoms with Gasteiger partial charge in [-0.2, -0.15) is 0 Å². The number of carbonyl (C=O) groups excluding carboxylic acids is 1. The van der Waals surface area contributed by atoms with Gasteiger partial charge in [0.05, 0.1) is 0 Å².